The van der Waals surface area contributed by atoms with E-state index in [1.165, 1.54) is 0 Å². The first kappa shape index (κ1) is 22.4. The van der Waals surface area contributed by atoms with Crippen molar-refractivity contribution in [3.05, 3.63) is 0 Å². The fraction of sp³-hybridized carbons (Fsp3) is 1.00. The van der Waals surface area contributed by atoms with Gasteiger partial charge in [-0.1, -0.05) is 0 Å². The summed E-state index contributed by atoms with van der Waals surface area (Å²) in [4.78, 5) is 0. The van der Waals surface area contributed by atoms with Gasteiger partial charge in [-0.2, -0.15) is 0 Å². The third-order valence-electron chi connectivity index (χ3n) is 0. The Morgan fingerprint density at radius 1 is 1.25 bits per heavy atom. The Hall–Kier alpha value is 2.65. The summed E-state index contributed by atoms with van der Waals surface area (Å²) < 4.78 is 0. The number of aliphatic hydroxyl groups is 1. The smallest absolute Gasteiger partial charge is 1.00 e. The summed E-state index contributed by atoms with van der Waals surface area (Å²) in [7, 11) is 0. The number of halogens is 1. The molecular weight excluding hydrogens is 163 g/mol. The van der Waals surface area contributed by atoms with E-state index < -0.39 is 5.60 Å². The molecule has 0 bridgehead atoms. The van der Waals surface area contributed by atoms with Crippen LogP contribution in [-0.2, 0) is 0 Å². The average molecular weight is 177 g/mol. The second kappa shape index (κ2) is 9.65. The van der Waals surface area contributed by atoms with Gasteiger partial charge in [-0.25, -0.2) is 0 Å². The van der Waals surface area contributed by atoms with Crippen LogP contribution in [0.5, 0.6) is 0 Å². The van der Waals surface area contributed by atoms with Crippen LogP contribution in [0.3, 0.4) is 0 Å². The molecule has 0 aliphatic carbocycles. The molecule has 0 saturated carbocycles. The Balaban J connectivity index is -0.00000000533. The zero-order valence-electron chi connectivity index (χ0n) is 9.06. The van der Waals surface area contributed by atoms with Gasteiger partial charge in [-0.05, 0) is 20.8 Å². The molecule has 0 aliphatic heterocycles. The Kier molecular flexibility index (Phi) is 27.1. The normalized spacial score (nSPS) is 7.50. The van der Waals surface area contributed by atoms with Gasteiger partial charge in [0.1, 0.15) is 0 Å². The summed E-state index contributed by atoms with van der Waals surface area (Å²) in [6.07, 6.45) is 0. The van der Waals surface area contributed by atoms with Crippen LogP contribution in [-0.4, -0.2) is 33.8 Å². The summed E-state index contributed by atoms with van der Waals surface area (Å²) in [5.41, 5.74) is -0.500. The largest absolute Gasteiger partial charge is 2.00 e. The summed E-state index contributed by atoms with van der Waals surface area (Å²) in [6.45, 7) is 5.23. The van der Waals surface area contributed by atoms with Crippen LogP contribution in [0.25, 0.3) is 0 Å². The molecule has 1 N–H and O–H groups in total. The van der Waals surface area contributed by atoms with E-state index in [1.54, 1.807) is 20.8 Å². The quantitative estimate of drug-likeness (QED) is 0.431. The maximum Gasteiger partial charge on any atom is 2.00 e. The fourth-order valence-electron chi connectivity index (χ4n) is 0. The summed E-state index contributed by atoms with van der Waals surface area (Å²) >= 11 is 0. The minimum Gasteiger partial charge on any atom is -1.00 e. The average Bonchev–Trinajstić information content (AvgIpc) is 0.722. The predicted octanol–water partition coefficient (Wildman–Crippen LogP) is -1.84. The number of hydrogen-bond donors (Lipinski definition) is 1. The van der Waals surface area contributed by atoms with Crippen LogP contribution < -0.4 is 51.4 Å². The standard InChI is InChI=1S/C4H10O.ClH.K.Mg.3H/c1-4(2,3)5;;;;;;/h5H,1-3H3;1H;;;;;/q;;+1;+2;3*-1. The van der Waals surface area contributed by atoms with Crippen molar-refractivity contribution in [3.8, 4) is 0 Å². The summed E-state index contributed by atoms with van der Waals surface area (Å²) in [5.74, 6) is 0. The molecule has 0 saturated heterocycles. The van der Waals surface area contributed by atoms with E-state index in [-0.39, 0.29) is 91.1 Å². The Bertz CT molecular complexity index is 40.8. The van der Waals surface area contributed by atoms with Crippen molar-refractivity contribution in [2.45, 2.75) is 26.4 Å². The van der Waals surface area contributed by atoms with Crippen LogP contribution in [0.2, 0.25) is 0 Å². The first-order chi connectivity index (χ1) is 2.00. The monoisotopic (exact) mass is 176 g/mol. The van der Waals surface area contributed by atoms with Gasteiger partial charge < -0.3 is 9.39 Å². The van der Waals surface area contributed by atoms with Crippen molar-refractivity contribution in [2.24, 2.45) is 0 Å². The molecule has 0 aliphatic rings. The molecular formula is C4H14ClKMgO. The molecule has 0 fully saturated rings. The minimum absolute atomic E-state index is 0. The van der Waals surface area contributed by atoms with Crippen molar-refractivity contribution in [1.29, 1.82) is 0 Å². The molecule has 1 nitrogen and oxygen atoms in total. The maximum atomic E-state index is 8.52. The predicted molar refractivity (Wildman–Crippen MR) is 38.3 cm³/mol. The zero-order valence-corrected chi connectivity index (χ0v) is 11.4. The first-order valence-corrected chi connectivity index (χ1v) is 1.72. The van der Waals surface area contributed by atoms with Gasteiger partial charge in [0.15, 0.2) is 0 Å². The van der Waals surface area contributed by atoms with E-state index in [4.69, 9.17) is 5.11 Å². The Morgan fingerprint density at radius 3 is 1.25 bits per heavy atom. The van der Waals surface area contributed by atoms with Gasteiger partial charge in [0.25, 0.3) is 0 Å². The van der Waals surface area contributed by atoms with Gasteiger partial charge in [0, 0.05) is 0 Å². The molecule has 0 aromatic carbocycles. The van der Waals surface area contributed by atoms with Gasteiger partial charge in [-0.3, -0.25) is 0 Å². The molecule has 0 heterocycles. The molecule has 0 aromatic rings. The molecule has 0 aromatic heterocycles. The van der Waals surface area contributed by atoms with Gasteiger partial charge in [0.2, 0.25) is 0 Å². The zero-order chi connectivity index (χ0) is 4.50. The molecule has 0 atom stereocenters. The van der Waals surface area contributed by atoms with Gasteiger partial charge in [0.05, 0.1) is 5.60 Å². The van der Waals surface area contributed by atoms with Crippen LogP contribution in [0.1, 0.15) is 25.1 Å². The SMILES string of the molecule is CC(C)(C)O.Cl.[H-].[H-].[H-].[K+].[Mg+2]. The van der Waals surface area contributed by atoms with Crippen LogP contribution in [0.15, 0.2) is 0 Å². The second-order valence-corrected chi connectivity index (χ2v) is 2.17. The van der Waals surface area contributed by atoms with Crippen molar-refractivity contribution >= 4 is 35.5 Å². The van der Waals surface area contributed by atoms with E-state index in [2.05, 4.69) is 0 Å². The number of hydrogen-bond acceptors (Lipinski definition) is 1. The van der Waals surface area contributed by atoms with E-state index in [0.29, 0.717) is 0 Å². The molecule has 0 rings (SSSR count). The van der Waals surface area contributed by atoms with Crippen LogP contribution in [0, 0.1) is 0 Å². The molecule has 0 radical (unpaired) electrons. The Morgan fingerprint density at radius 2 is 1.25 bits per heavy atom. The van der Waals surface area contributed by atoms with Gasteiger partial charge >= 0.3 is 74.4 Å². The van der Waals surface area contributed by atoms with E-state index in [9.17, 15) is 0 Å². The molecule has 0 amide bonds. The van der Waals surface area contributed by atoms with Crippen LogP contribution in [0.4, 0.5) is 0 Å². The first-order valence-electron chi connectivity index (χ1n) is 1.72. The third-order valence-corrected chi connectivity index (χ3v) is 0. The van der Waals surface area contributed by atoms with Crippen molar-refractivity contribution in [1.82, 2.24) is 0 Å². The van der Waals surface area contributed by atoms with Crippen molar-refractivity contribution in [2.75, 3.05) is 0 Å². The fourth-order valence-corrected chi connectivity index (χ4v) is 0. The molecule has 46 valence electrons. The van der Waals surface area contributed by atoms with Crippen molar-refractivity contribution in [3.63, 3.8) is 0 Å². The molecule has 8 heavy (non-hydrogen) atoms. The van der Waals surface area contributed by atoms with E-state index in [0.717, 1.165) is 0 Å². The molecule has 0 spiro atoms. The summed E-state index contributed by atoms with van der Waals surface area (Å²) in [5, 5.41) is 8.52. The Labute approximate surface area is 120 Å². The maximum absolute atomic E-state index is 8.52. The van der Waals surface area contributed by atoms with Crippen molar-refractivity contribution < 1.29 is 60.8 Å². The van der Waals surface area contributed by atoms with Crippen LogP contribution >= 0.6 is 12.4 Å². The minimum atomic E-state index is -0.500. The van der Waals surface area contributed by atoms with E-state index in [1.807, 2.05) is 0 Å². The number of rotatable bonds is 0. The van der Waals surface area contributed by atoms with E-state index >= 15 is 0 Å². The molecule has 4 heteroatoms. The molecule has 0 unspecified atom stereocenters. The second-order valence-electron chi connectivity index (χ2n) is 2.17. The summed E-state index contributed by atoms with van der Waals surface area (Å²) in [6, 6.07) is 0. The topological polar surface area (TPSA) is 20.2 Å². The third kappa shape index (κ3) is 72.0. The van der Waals surface area contributed by atoms with Gasteiger partial charge in [-0.15, -0.1) is 12.4 Å².